The van der Waals surface area contributed by atoms with E-state index in [-0.39, 0.29) is 16.0 Å². The zero-order valence-electron chi connectivity index (χ0n) is 9.59. The molecule has 0 saturated carbocycles. The fourth-order valence-corrected chi connectivity index (χ4v) is 2.71. The highest BCUT2D eigenvalue weighted by Crippen LogP contribution is 2.45. The van der Waals surface area contributed by atoms with Crippen LogP contribution in [0.1, 0.15) is 18.9 Å². The molecule has 1 aromatic rings. The first-order valence-electron chi connectivity index (χ1n) is 5.52. The first kappa shape index (κ1) is 12.2. The van der Waals surface area contributed by atoms with Gasteiger partial charge in [-0.1, -0.05) is 15.9 Å². The number of amides is 1. The number of phenols is 1. The number of phenolic OH excluding ortho intramolecular Hbond substituents is 1. The lowest BCUT2D eigenvalue weighted by Crippen LogP contribution is -2.29. The number of nitrogens with one attached hydrogen (secondary N) is 2. The minimum absolute atomic E-state index is 0.0248. The molecule has 3 N–H and O–H groups in total. The van der Waals surface area contributed by atoms with Gasteiger partial charge in [-0.2, -0.15) is 0 Å². The monoisotopic (exact) mass is 298 g/mol. The largest absolute Gasteiger partial charge is 0.508 e. The van der Waals surface area contributed by atoms with E-state index in [0.29, 0.717) is 6.54 Å². The molecule has 1 unspecified atom stereocenters. The van der Waals surface area contributed by atoms with Crippen LogP contribution in [-0.4, -0.2) is 24.1 Å². The van der Waals surface area contributed by atoms with Gasteiger partial charge in [-0.3, -0.25) is 4.79 Å². The number of hydrogen-bond donors (Lipinski definition) is 3. The van der Waals surface area contributed by atoms with Crippen LogP contribution >= 0.6 is 15.9 Å². The number of rotatable bonds is 3. The highest BCUT2D eigenvalue weighted by Gasteiger charge is 2.36. The first-order chi connectivity index (χ1) is 8.01. The van der Waals surface area contributed by atoms with Gasteiger partial charge in [0.2, 0.25) is 5.91 Å². The van der Waals surface area contributed by atoms with E-state index in [9.17, 15) is 9.90 Å². The molecule has 1 amide bonds. The van der Waals surface area contributed by atoms with E-state index in [2.05, 4.69) is 26.6 Å². The molecule has 0 radical (unpaired) electrons. The van der Waals surface area contributed by atoms with E-state index in [1.807, 2.05) is 6.07 Å². The summed E-state index contributed by atoms with van der Waals surface area (Å²) in [5, 5.41) is 15.6. The zero-order chi connectivity index (χ0) is 12.5. The fourth-order valence-electron chi connectivity index (χ4n) is 2.05. The van der Waals surface area contributed by atoms with Gasteiger partial charge in [-0.05, 0) is 30.2 Å². The number of anilines is 1. The average Bonchev–Trinajstić information content (AvgIpc) is 2.56. The Hall–Kier alpha value is -1.23. The highest BCUT2D eigenvalue weighted by molar-refractivity contribution is 9.09. The van der Waals surface area contributed by atoms with Crippen molar-refractivity contribution in [3.05, 3.63) is 23.8 Å². The Kier molecular flexibility index (Phi) is 3.28. The predicted octanol–water partition coefficient (Wildman–Crippen LogP) is 1.93. The smallest absolute Gasteiger partial charge is 0.216 e. The molecular weight excluding hydrogens is 284 g/mol. The summed E-state index contributed by atoms with van der Waals surface area (Å²) in [4.78, 5) is 10.8. The highest BCUT2D eigenvalue weighted by atomic mass is 79.9. The van der Waals surface area contributed by atoms with Crippen LogP contribution in [0.5, 0.6) is 5.75 Å². The molecule has 2 rings (SSSR count). The molecule has 0 aromatic heterocycles. The lowest BCUT2D eigenvalue weighted by atomic mass is 9.97. The molecular formula is C12H15BrN2O2. The second kappa shape index (κ2) is 4.56. The van der Waals surface area contributed by atoms with Crippen molar-refractivity contribution in [1.82, 2.24) is 5.32 Å². The molecule has 1 aliphatic rings. The fraction of sp³-hybridized carbons (Fsp3) is 0.417. The van der Waals surface area contributed by atoms with Crippen molar-refractivity contribution in [2.45, 2.75) is 17.7 Å². The maximum Gasteiger partial charge on any atom is 0.216 e. The molecule has 0 fully saturated rings. The Morgan fingerprint density at radius 1 is 1.65 bits per heavy atom. The van der Waals surface area contributed by atoms with Gasteiger partial charge in [0.05, 0.1) is 4.32 Å². The topological polar surface area (TPSA) is 61.4 Å². The average molecular weight is 299 g/mol. The minimum atomic E-state index is -0.219. The van der Waals surface area contributed by atoms with Gasteiger partial charge in [0.1, 0.15) is 5.75 Å². The number of carbonyl (C=O) groups is 1. The lowest BCUT2D eigenvalue weighted by Gasteiger charge is -2.22. The van der Waals surface area contributed by atoms with Gasteiger partial charge in [-0.25, -0.2) is 0 Å². The molecule has 0 spiro atoms. The van der Waals surface area contributed by atoms with Crippen LogP contribution in [0.3, 0.4) is 0 Å². The maximum absolute atomic E-state index is 10.8. The Balaban J connectivity index is 2.13. The molecule has 0 saturated heterocycles. The Morgan fingerprint density at radius 2 is 2.41 bits per heavy atom. The molecule has 0 aliphatic carbocycles. The Morgan fingerprint density at radius 3 is 3.12 bits per heavy atom. The van der Waals surface area contributed by atoms with Gasteiger partial charge < -0.3 is 15.7 Å². The van der Waals surface area contributed by atoms with E-state index in [4.69, 9.17) is 0 Å². The summed E-state index contributed by atoms with van der Waals surface area (Å²) in [7, 11) is 0. The molecule has 0 bridgehead atoms. The third kappa shape index (κ3) is 2.54. The van der Waals surface area contributed by atoms with Crippen LogP contribution in [0.2, 0.25) is 0 Å². The number of fused-ring (bicyclic) bond motifs is 1. The normalized spacial score (nSPS) is 21.8. The summed E-state index contributed by atoms with van der Waals surface area (Å²) in [5.74, 6) is 0.235. The molecule has 17 heavy (non-hydrogen) atoms. The number of carbonyl (C=O) groups excluding carboxylic acids is 1. The number of alkyl halides is 1. The number of halogens is 1. The molecule has 92 valence electrons. The molecule has 1 aromatic carbocycles. The van der Waals surface area contributed by atoms with Gasteiger partial charge in [-0.15, -0.1) is 0 Å². The summed E-state index contributed by atoms with van der Waals surface area (Å²) in [6.45, 7) is 2.87. The van der Waals surface area contributed by atoms with Crippen LogP contribution in [0.4, 0.5) is 5.69 Å². The lowest BCUT2D eigenvalue weighted by molar-refractivity contribution is -0.118. The van der Waals surface area contributed by atoms with E-state index in [0.717, 1.165) is 24.2 Å². The quantitative estimate of drug-likeness (QED) is 0.590. The van der Waals surface area contributed by atoms with Crippen LogP contribution in [0, 0.1) is 0 Å². The van der Waals surface area contributed by atoms with Crippen LogP contribution in [-0.2, 0) is 9.12 Å². The third-order valence-electron chi connectivity index (χ3n) is 2.94. The maximum atomic E-state index is 10.8. The van der Waals surface area contributed by atoms with E-state index >= 15 is 0 Å². The SMILES string of the molecule is CC(=O)NCCC1(Br)CNc2ccc(O)cc21. The third-order valence-corrected chi connectivity index (χ3v) is 4.04. The first-order valence-corrected chi connectivity index (χ1v) is 6.31. The van der Waals surface area contributed by atoms with Crippen molar-refractivity contribution < 1.29 is 9.90 Å². The zero-order valence-corrected chi connectivity index (χ0v) is 11.2. The summed E-state index contributed by atoms with van der Waals surface area (Å²) in [6, 6.07) is 5.29. The van der Waals surface area contributed by atoms with Crippen LogP contribution in [0.25, 0.3) is 0 Å². The standard InChI is InChI=1S/C12H15BrN2O2/c1-8(16)14-5-4-12(13)7-15-11-3-2-9(17)6-10(11)12/h2-3,6,15,17H,4-5,7H2,1H3,(H,14,16). The van der Waals surface area contributed by atoms with Gasteiger partial charge >= 0.3 is 0 Å². The van der Waals surface area contributed by atoms with Crippen molar-refractivity contribution >= 4 is 27.5 Å². The summed E-state index contributed by atoms with van der Waals surface area (Å²) >= 11 is 3.70. The molecule has 4 nitrogen and oxygen atoms in total. The number of aromatic hydroxyl groups is 1. The Bertz CT molecular complexity index is 450. The Labute approximate surface area is 109 Å². The van der Waals surface area contributed by atoms with Crippen molar-refractivity contribution in [3.8, 4) is 5.75 Å². The minimum Gasteiger partial charge on any atom is -0.508 e. The van der Waals surface area contributed by atoms with Crippen molar-refractivity contribution in [2.75, 3.05) is 18.4 Å². The van der Waals surface area contributed by atoms with Crippen LogP contribution < -0.4 is 10.6 Å². The summed E-state index contributed by atoms with van der Waals surface area (Å²) in [6.07, 6.45) is 0.774. The van der Waals surface area contributed by atoms with Crippen molar-refractivity contribution in [2.24, 2.45) is 0 Å². The predicted molar refractivity (Wildman–Crippen MR) is 70.5 cm³/mol. The van der Waals surface area contributed by atoms with Gasteiger partial charge in [0, 0.05) is 25.7 Å². The summed E-state index contributed by atoms with van der Waals surface area (Å²) in [5.41, 5.74) is 2.07. The number of hydrogen-bond acceptors (Lipinski definition) is 3. The van der Waals surface area contributed by atoms with Gasteiger partial charge in [0.25, 0.3) is 0 Å². The molecule has 5 heteroatoms. The van der Waals surface area contributed by atoms with Crippen LogP contribution in [0.15, 0.2) is 18.2 Å². The van der Waals surface area contributed by atoms with E-state index < -0.39 is 0 Å². The molecule has 1 aliphatic heterocycles. The van der Waals surface area contributed by atoms with Crippen molar-refractivity contribution in [3.63, 3.8) is 0 Å². The van der Waals surface area contributed by atoms with Gasteiger partial charge in [0.15, 0.2) is 0 Å². The van der Waals surface area contributed by atoms with E-state index in [1.165, 1.54) is 6.92 Å². The van der Waals surface area contributed by atoms with E-state index in [1.54, 1.807) is 12.1 Å². The number of benzene rings is 1. The summed E-state index contributed by atoms with van der Waals surface area (Å²) < 4.78 is -0.219. The second-order valence-corrected chi connectivity index (χ2v) is 5.80. The van der Waals surface area contributed by atoms with Crippen molar-refractivity contribution in [1.29, 1.82) is 0 Å². The second-order valence-electron chi connectivity index (χ2n) is 4.28. The molecule has 1 atom stereocenters. The molecule has 1 heterocycles.